The molecule has 2 aromatic rings. The number of carbonyl (C=O) groups is 1. The molecule has 1 aliphatic rings. The van der Waals surface area contributed by atoms with E-state index in [1.165, 1.54) is 4.31 Å². The molecule has 0 unspecified atom stereocenters. The minimum Gasteiger partial charge on any atom is -0.494 e. The second-order valence-corrected chi connectivity index (χ2v) is 8.68. The van der Waals surface area contributed by atoms with E-state index in [2.05, 4.69) is 5.32 Å². The lowest BCUT2D eigenvalue weighted by Crippen LogP contribution is -2.45. The number of nitrogens with zero attached hydrogens (tertiary/aromatic N) is 1. The molecule has 0 radical (unpaired) electrons. The van der Waals surface area contributed by atoms with Gasteiger partial charge in [0.25, 0.3) is 0 Å². The van der Waals surface area contributed by atoms with Gasteiger partial charge in [-0.05, 0) is 56.2 Å². The van der Waals surface area contributed by atoms with Crippen molar-refractivity contribution in [3.63, 3.8) is 0 Å². The molecule has 1 amide bonds. The van der Waals surface area contributed by atoms with Gasteiger partial charge in [0.05, 0.1) is 11.5 Å². The highest BCUT2D eigenvalue weighted by Gasteiger charge is 2.34. The van der Waals surface area contributed by atoms with Crippen LogP contribution in [-0.4, -0.2) is 37.8 Å². The van der Waals surface area contributed by atoms with Crippen molar-refractivity contribution in [1.29, 1.82) is 0 Å². The first-order chi connectivity index (χ1) is 13.5. The van der Waals surface area contributed by atoms with E-state index in [4.69, 9.17) is 4.74 Å². The molecule has 0 aromatic heterocycles. The molecule has 0 aliphatic carbocycles. The molecule has 1 heterocycles. The van der Waals surface area contributed by atoms with Gasteiger partial charge in [0.1, 0.15) is 5.75 Å². The van der Waals surface area contributed by atoms with Gasteiger partial charge in [-0.15, -0.1) is 0 Å². The maximum Gasteiger partial charge on any atom is 0.243 e. The Bertz CT molecular complexity index is 882. The number of anilines is 1. The predicted octanol–water partition coefficient (Wildman–Crippen LogP) is 3.66. The Morgan fingerprint density at radius 2 is 1.82 bits per heavy atom. The summed E-state index contributed by atoms with van der Waals surface area (Å²) in [4.78, 5) is 12.8. The highest BCUT2D eigenvalue weighted by atomic mass is 32.2. The van der Waals surface area contributed by atoms with Crippen LogP contribution in [0.2, 0.25) is 0 Å². The molecule has 28 heavy (non-hydrogen) atoms. The van der Waals surface area contributed by atoms with Crippen molar-refractivity contribution in [3.05, 3.63) is 54.6 Å². The second-order valence-electron chi connectivity index (χ2n) is 6.79. The Labute approximate surface area is 166 Å². The molecule has 6 nitrogen and oxygen atoms in total. The molecule has 2 aromatic carbocycles. The first-order valence-corrected chi connectivity index (χ1v) is 11.0. The van der Waals surface area contributed by atoms with Gasteiger partial charge in [0, 0.05) is 24.7 Å². The molecule has 0 bridgehead atoms. The Morgan fingerprint density at radius 1 is 1.11 bits per heavy atom. The molecular formula is C21H26N2O4S. The topological polar surface area (TPSA) is 75.7 Å². The molecule has 1 aliphatic heterocycles. The molecule has 1 atom stereocenters. The zero-order valence-electron chi connectivity index (χ0n) is 16.0. The number of rotatable bonds is 7. The van der Waals surface area contributed by atoms with Crippen LogP contribution in [0.4, 0.5) is 5.69 Å². The van der Waals surface area contributed by atoms with E-state index in [0.29, 0.717) is 25.3 Å². The molecule has 1 N–H and O–H groups in total. The lowest BCUT2D eigenvalue weighted by molar-refractivity contribution is -0.117. The molecule has 1 fully saturated rings. The van der Waals surface area contributed by atoms with Crippen molar-refractivity contribution in [2.45, 2.75) is 43.5 Å². The summed E-state index contributed by atoms with van der Waals surface area (Å²) in [6, 6.07) is 15.2. The van der Waals surface area contributed by atoms with Gasteiger partial charge < -0.3 is 10.1 Å². The van der Waals surface area contributed by atoms with Crippen molar-refractivity contribution in [1.82, 2.24) is 4.31 Å². The van der Waals surface area contributed by atoms with Gasteiger partial charge in [-0.2, -0.15) is 4.31 Å². The van der Waals surface area contributed by atoms with E-state index in [9.17, 15) is 13.2 Å². The highest BCUT2D eigenvalue weighted by molar-refractivity contribution is 7.89. The van der Waals surface area contributed by atoms with Crippen LogP contribution in [0.15, 0.2) is 59.5 Å². The summed E-state index contributed by atoms with van der Waals surface area (Å²) in [7, 11) is -3.60. The minimum atomic E-state index is -3.60. The predicted molar refractivity (Wildman–Crippen MR) is 109 cm³/mol. The Hall–Kier alpha value is -2.38. The van der Waals surface area contributed by atoms with E-state index in [-0.39, 0.29) is 23.3 Å². The van der Waals surface area contributed by atoms with Crippen LogP contribution in [-0.2, 0) is 14.8 Å². The lowest BCUT2D eigenvalue weighted by Gasteiger charge is -2.34. The van der Waals surface area contributed by atoms with Gasteiger partial charge >= 0.3 is 0 Å². The second kappa shape index (κ2) is 9.21. The zero-order chi connectivity index (χ0) is 20.0. The molecule has 150 valence electrons. The Morgan fingerprint density at radius 3 is 2.50 bits per heavy atom. The van der Waals surface area contributed by atoms with Crippen LogP contribution < -0.4 is 10.1 Å². The first kappa shape index (κ1) is 20.4. The maximum absolute atomic E-state index is 13.0. The fourth-order valence-corrected chi connectivity index (χ4v) is 5.16. The average molecular weight is 403 g/mol. The summed E-state index contributed by atoms with van der Waals surface area (Å²) < 4.78 is 32.9. The Kier molecular flexibility index (Phi) is 6.70. The van der Waals surface area contributed by atoms with Gasteiger partial charge in [-0.25, -0.2) is 8.42 Å². The summed E-state index contributed by atoms with van der Waals surface area (Å²) in [6.45, 7) is 2.94. The fraction of sp³-hybridized carbons (Fsp3) is 0.381. The van der Waals surface area contributed by atoms with Gasteiger partial charge in [-0.1, -0.05) is 24.6 Å². The number of benzene rings is 2. The number of piperidine rings is 1. The van der Waals surface area contributed by atoms with Crippen LogP contribution in [0.3, 0.4) is 0 Å². The largest absolute Gasteiger partial charge is 0.494 e. The van der Waals surface area contributed by atoms with E-state index in [1.807, 2.05) is 6.92 Å². The van der Waals surface area contributed by atoms with Crippen LogP contribution in [0.1, 0.15) is 32.6 Å². The van der Waals surface area contributed by atoms with Crippen LogP contribution in [0.5, 0.6) is 5.75 Å². The minimum absolute atomic E-state index is 0.138. The summed E-state index contributed by atoms with van der Waals surface area (Å²) in [6.07, 6.45) is 2.55. The maximum atomic E-state index is 13.0. The smallest absolute Gasteiger partial charge is 0.243 e. The molecule has 1 saturated heterocycles. The van der Waals surface area contributed by atoms with E-state index < -0.39 is 10.0 Å². The number of hydrogen-bond acceptors (Lipinski definition) is 4. The van der Waals surface area contributed by atoms with E-state index in [0.717, 1.165) is 18.6 Å². The standard InChI is InChI=1S/C21H26N2O4S/c1-2-27-19-13-11-17(12-14-19)22-21(24)16-18-8-6-7-15-23(18)28(25,26)20-9-4-3-5-10-20/h3-5,9-14,18H,2,6-8,15-16H2,1H3,(H,22,24)/t18-/m1/s1. The van der Waals surface area contributed by atoms with Crippen LogP contribution in [0, 0.1) is 0 Å². The third kappa shape index (κ3) is 4.91. The van der Waals surface area contributed by atoms with Crippen molar-refractivity contribution in [2.75, 3.05) is 18.5 Å². The summed E-state index contributed by atoms with van der Waals surface area (Å²) in [5.41, 5.74) is 0.668. The molecule has 3 rings (SSSR count). The highest BCUT2D eigenvalue weighted by Crippen LogP contribution is 2.27. The number of hydrogen-bond donors (Lipinski definition) is 1. The van der Waals surface area contributed by atoms with E-state index in [1.54, 1.807) is 54.6 Å². The number of ether oxygens (including phenoxy) is 1. The van der Waals surface area contributed by atoms with Crippen LogP contribution >= 0.6 is 0 Å². The number of nitrogens with one attached hydrogen (secondary N) is 1. The van der Waals surface area contributed by atoms with Gasteiger partial charge in [-0.3, -0.25) is 4.79 Å². The number of amides is 1. The van der Waals surface area contributed by atoms with Gasteiger partial charge in [0.15, 0.2) is 0 Å². The number of carbonyl (C=O) groups excluding carboxylic acids is 1. The normalized spacial score (nSPS) is 17.8. The van der Waals surface area contributed by atoms with Gasteiger partial charge in [0.2, 0.25) is 15.9 Å². The van der Waals surface area contributed by atoms with Crippen molar-refractivity contribution in [2.24, 2.45) is 0 Å². The van der Waals surface area contributed by atoms with E-state index >= 15 is 0 Å². The molecular weight excluding hydrogens is 376 g/mol. The zero-order valence-corrected chi connectivity index (χ0v) is 16.8. The molecule has 0 saturated carbocycles. The average Bonchev–Trinajstić information content (AvgIpc) is 2.70. The SMILES string of the molecule is CCOc1ccc(NC(=O)C[C@H]2CCCCN2S(=O)(=O)c2ccccc2)cc1. The third-order valence-corrected chi connectivity index (χ3v) is 6.76. The summed E-state index contributed by atoms with van der Waals surface area (Å²) in [5, 5.41) is 2.85. The van der Waals surface area contributed by atoms with Crippen molar-refractivity contribution >= 4 is 21.6 Å². The first-order valence-electron chi connectivity index (χ1n) is 9.60. The fourth-order valence-electron chi connectivity index (χ4n) is 3.45. The summed E-state index contributed by atoms with van der Waals surface area (Å²) >= 11 is 0. The number of sulfonamides is 1. The summed E-state index contributed by atoms with van der Waals surface area (Å²) in [5.74, 6) is 0.553. The van der Waals surface area contributed by atoms with Crippen LogP contribution in [0.25, 0.3) is 0 Å². The van der Waals surface area contributed by atoms with Crippen molar-refractivity contribution < 1.29 is 17.9 Å². The Balaban J connectivity index is 1.68. The molecule has 0 spiro atoms. The quantitative estimate of drug-likeness (QED) is 0.767. The monoisotopic (exact) mass is 402 g/mol. The lowest BCUT2D eigenvalue weighted by atomic mass is 10.0. The molecule has 7 heteroatoms. The van der Waals surface area contributed by atoms with Crippen molar-refractivity contribution in [3.8, 4) is 5.75 Å². The third-order valence-electron chi connectivity index (χ3n) is 4.79.